The first-order valence-corrected chi connectivity index (χ1v) is 10.5. The van der Waals surface area contributed by atoms with E-state index in [-0.39, 0.29) is 11.7 Å². The monoisotopic (exact) mass is 425 g/mol. The van der Waals surface area contributed by atoms with Gasteiger partial charge in [0.1, 0.15) is 5.82 Å². The summed E-state index contributed by atoms with van der Waals surface area (Å²) in [5.41, 5.74) is 0.685. The summed E-state index contributed by atoms with van der Waals surface area (Å²) in [7, 11) is 0. The van der Waals surface area contributed by atoms with Crippen LogP contribution in [0.5, 0.6) is 0 Å². The number of halogens is 2. The predicted molar refractivity (Wildman–Crippen MR) is 108 cm³/mol. The highest BCUT2D eigenvalue weighted by atomic mass is 35.5. The van der Waals surface area contributed by atoms with Gasteiger partial charge in [0.15, 0.2) is 5.13 Å². The molecule has 3 heterocycles. The molecule has 1 saturated heterocycles. The van der Waals surface area contributed by atoms with E-state index in [4.69, 9.17) is 16.3 Å². The molecule has 1 amide bonds. The number of hydrogen-bond acceptors (Lipinski definition) is 6. The largest absolute Gasteiger partial charge is 0.379 e. The fourth-order valence-electron chi connectivity index (χ4n) is 2.91. The van der Waals surface area contributed by atoms with Crippen molar-refractivity contribution in [1.82, 2.24) is 9.88 Å². The second-order valence-electron chi connectivity index (χ2n) is 6.12. The van der Waals surface area contributed by atoms with Gasteiger partial charge in [-0.15, -0.1) is 11.3 Å². The lowest BCUT2D eigenvalue weighted by molar-refractivity contribution is 0.0391. The molecule has 3 aromatic rings. The molecule has 0 saturated carbocycles. The van der Waals surface area contributed by atoms with Crippen LogP contribution in [0.15, 0.2) is 30.3 Å². The summed E-state index contributed by atoms with van der Waals surface area (Å²) in [6.07, 6.45) is 0. The van der Waals surface area contributed by atoms with Crippen molar-refractivity contribution in [2.24, 2.45) is 0 Å². The lowest BCUT2D eigenvalue weighted by Gasteiger charge is -2.29. The van der Waals surface area contributed by atoms with Gasteiger partial charge in [-0.25, -0.2) is 9.37 Å². The molecule has 0 radical (unpaired) electrons. The molecule has 0 spiro atoms. The zero-order valence-electron chi connectivity index (χ0n) is 14.4. The van der Waals surface area contributed by atoms with Crippen LogP contribution in [0.4, 0.5) is 9.52 Å². The Labute approximate surface area is 168 Å². The Hall–Kier alpha value is -1.58. The molecule has 1 aliphatic heterocycles. The standard InChI is InChI=1S/C18H17ClFN3O2S2/c19-16-4-3-14(26-16)17(24)23(6-5-22-7-9-25-10-8-22)18-21-13-2-1-12(20)11-15(13)27-18/h1-4,11H,5-10H2. The number of benzene rings is 1. The topological polar surface area (TPSA) is 45.7 Å². The van der Waals surface area contributed by atoms with Crippen molar-refractivity contribution in [3.8, 4) is 0 Å². The molecule has 2 aromatic heterocycles. The Bertz CT molecular complexity index is 955. The number of carbonyl (C=O) groups excluding carboxylic acids is 1. The van der Waals surface area contributed by atoms with Crippen LogP contribution >= 0.6 is 34.3 Å². The van der Waals surface area contributed by atoms with E-state index in [1.165, 1.54) is 34.8 Å². The highest BCUT2D eigenvalue weighted by Gasteiger charge is 2.24. The quantitative estimate of drug-likeness (QED) is 0.616. The molecule has 0 aliphatic carbocycles. The Morgan fingerprint density at radius 1 is 1.26 bits per heavy atom. The SMILES string of the molecule is O=C(c1ccc(Cl)s1)N(CCN1CCOCC1)c1nc2ccc(F)cc2s1. The van der Waals surface area contributed by atoms with Gasteiger partial charge >= 0.3 is 0 Å². The maximum atomic E-state index is 13.5. The third kappa shape index (κ3) is 4.30. The number of thiazole rings is 1. The zero-order chi connectivity index (χ0) is 18.8. The van der Waals surface area contributed by atoms with E-state index in [2.05, 4.69) is 9.88 Å². The first-order valence-electron chi connectivity index (χ1n) is 8.53. The second-order valence-corrected chi connectivity index (χ2v) is 8.85. The van der Waals surface area contributed by atoms with Crippen molar-refractivity contribution in [3.63, 3.8) is 0 Å². The van der Waals surface area contributed by atoms with Crippen LogP contribution in [-0.4, -0.2) is 55.2 Å². The molecular weight excluding hydrogens is 409 g/mol. The van der Waals surface area contributed by atoms with Gasteiger partial charge in [0.05, 0.1) is 32.6 Å². The lowest BCUT2D eigenvalue weighted by Crippen LogP contribution is -2.43. The summed E-state index contributed by atoms with van der Waals surface area (Å²) in [5.74, 6) is -0.450. The summed E-state index contributed by atoms with van der Waals surface area (Å²) in [6.45, 7) is 4.31. The first kappa shape index (κ1) is 18.8. The van der Waals surface area contributed by atoms with E-state index < -0.39 is 0 Å². The van der Waals surface area contributed by atoms with Crippen LogP contribution in [0.3, 0.4) is 0 Å². The highest BCUT2D eigenvalue weighted by molar-refractivity contribution is 7.22. The number of aromatic nitrogens is 1. The van der Waals surface area contributed by atoms with Crippen LogP contribution in [0.25, 0.3) is 10.2 Å². The number of rotatable bonds is 5. The number of anilines is 1. The molecule has 142 valence electrons. The third-order valence-corrected chi connectivity index (χ3v) is 6.60. The Morgan fingerprint density at radius 2 is 2.07 bits per heavy atom. The number of ether oxygens (including phenoxy) is 1. The van der Waals surface area contributed by atoms with Crippen molar-refractivity contribution in [3.05, 3.63) is 45.4 Å². The van der Waals surface area contributed by atoms with E-state index in [1.807, 2.05) is 0 Å². The van der Waals surface area contributed by atoms with Crippen LogP contribution in [0.1, 0.15) is 9.67 Å². The second kappa shape index (κ2) is 8.20. The van der Waals surface area contributed by atoms with Gasteiger partial charge in [0.25, 0.3) is 5.91 Å². The van der Waals surface area contributed by atoms with Gasteiger partial charge < -0.3 is 4.74 Å². The van der Waals surface area contributed by atoms with E-state index >= 15 is 0 Å². The number of amides is 1. The van der Waals surface area contributed by atoms with Gasteiger partial charge in [-0.2, -0.15) is 0 Å². The molecule has 4 rings (SSSR count). The summed E-state index contributed by atoms with van der Waals surface area (Å²) < 4.78 is 20.2. The number of carbonyl (C=O) groups is 1. The minimum atomic E-state index is -0.311. The van der Waals surface area contributed by atoms with E-state index in [0.717, 1.165) is 24.3 Å². The third-order valence-electron chi connectivity index (χ3n) is 4.34. The molecule has 0 atom stereocenters. The molecule has 0 N–H and O–H groups in total. The molecule has 0 bridgehead atoms. The van der Waals surface area contributed by atoms with E-state index in [0.29, 0.717) is 39.6 Å². The van der Waals surface area contributed by atoms with Crippen molar-refractivity contribution in [2.45, 2.75) is 0 Å². The summed E-state index contributed by atoms with van der Waals surface area (Å²) in [4.78, 5) is 22.2. The Morgan fingerprint density at radius 3 is 2.81 bits per heavy atom. The Kier molecular flexibility index (Phi) is 5.70. The van der Waals surface area contributed by atoms with Gasteiger partial charge in [-0.3, -0.25) is 14.6 Å². The molecular formula is C18H17ClFN3O2S2. The average Bonchev–Trinajstić information content (AvgIpc) is 3.28. The number of hydrogen-bond donors (Lipinski definition) is 0. The van der Waals surface area contributed by atoms with Crippen LogP contribution in [-0.2, 0) is 4.74 Å². The fourth-order valence-corrected chi connectivity index (χ4v) is 4.92. The fraction of sp³-hybridized carbons (Fsp3) is 0.333. The highest BCUT2D eigenvalue weighted by Crippen LogP contribution is 2.31. The molecule has 1 fully saturated rings. The maximum Gasteiger partial charge on any atom is 0.270 e. The number of morpholine rings is 1. The van der Waals surface area contributed by atoms with E-state index in [1.54, 1.807) is 23.1 Å². The molecule has 1 aromatic carbocycles. The minimum Gasteiger partial charge on any atom is -0.379 e. The van der Waals surface area contributed by atoms with Crippen LogP contribution in [0.2, 0.25) is 4.34 Å². The number of thiophene rings is 1. The molecule has 1 aliphatic rings. The van der Waals surface area contributed by atoms with Crippen molar-refractivity contribution < 1.29 is 13.9 Å². The predicted octanol–water partition coefficient (Wildman–Crippen LogP) is 4.13. The molecule has 27 heavy (non-hydrogen) atoms. The molecule has 0 unspecified atom stereocenters. The molecule has 9 heteroatoms. The minimum absolute atomic E-state index is 0.139. The summed E-state index contributed by atoms with van der Waals surface area (Å²) in [5, 5.41) is 0.568. The lowest BCUT2D eigenvalue weighted by atomic mass is 10.3. The van der Waals surface area contributed by atoms with Gasteiger partial charge in [0.2, 0.25) is 0 Å². The van der Waals surface area contributed by atoms with Crippen molar-refractivity contribution in [2.75, 3.05) is 44.3 Å². The molecule has 5 nitrogen and oxygen atoms in total. The van der Waals surface area contributed by atoms with Gasteiger partial charge in [0, 0.05) is 26.2 Å². The van der Waals surface area contributed by atoms with Crippen LogP contribution in [0, 0.1) is 5.82 Å². The normalized spacial score (nSPS) is 15.3. The van der Waals surface area contributed by atoms with E-state index in [9.17, 15) is 9.18 Å². The number of nitrogens with zero attached hydrogens (tertiary/aromatic N) is 3. The van der Waals surface area contributed by atoms with Gasteiger partial charge in [-0.1, -0.05) is 22.9 Å². The summed E-state index contributed by atoms with van der Waals surface area (Å²) >= 11 is 8.57. The van der Waals surface area contributed by atoms with Crippen molar-refractivity contribution in [1.29, 1.82) is 0 Å². The Balaban J connectivity index is 1.62. The van der Waals surface area contributed by atoms with Gasteiger partial charge in [-0.05, 0) is 30.3 Å². The summed E-state index contributed by atoms with van der Waals surface area (Å²) in [6, 6.07) is 7.91. The smallest absolute Gasteiger partial charge is 0.270 e. The zero-order valence-corrected chi connectivity index (χ0v) is 16.7. The van der Waals surface area contributed by atoms with Crippen molar-refractivity contribution >= 4 is 55.5 Å². The average molecular weight is 426 g/mol. The first-order chi connectivity index (χ1) is 13.1. The van der Waals surface area contributed by atoms with Crippen LogP contribution < -0.4 is 4.90 Å². The number of fused-ring (bicyclic) bond motifs is 1. The maximum absolute atomic E-state index is 13.5.